The zero-order chi connectivity index (χ0) is 17.0. The lowest BCUT2D eigenvalue weighted by Gasteiger charge is -2.39. The van der Waals surface area contributed by atoms with Crippen LogP contribution in [0.5, 0.6) is 0 Å². The van der Waals surface area contributed by atoms with Gasteiger partial charge in [0, 0.05) is 32.4 Å². The van der Waals surface area contributed by atoms with E-state index in [1.54, 1.807) is 12.4 Å². The fraction of sp³-hybridized carbons (Fsp3) is 0.706. The van der Waals surface area contributed by atoms with E-state index in [4.69, 9.17) is 0 Å². The van der Waals surface area contributed by atoms with Crippen LogP contribution >= 0.6 is 0 Å². The van der Waals surface area contributed by atoms with Crippen LogP contribution in [0.2, 0.25) is 0 Å². The topological polar surface area (TPSA) is 68.5 Å². The van der Waals surface area contributed by atoms with Crippen molar-refractivity contribution in [3.63, 3.8) is 0 Å². The molecule has 0 aliphatic carbocycles. The Morgan fingerprint density at radius 1 is 1.22 bits per heavy atom. The number of amides is 1. The van der Waals surface area contributed by atoms with Gasteiger partial charge in [0.2, 0.25) is 5.91 Å². The molecule has 0 saturated carbocycles. The Kier molecular flexibility index (Phi) is 5.93. The van der Waals surface area contributed by atoms with Gasteiger partial charge in [-0.2, -0.15) is 0 Å². The van der Waals surface area contributed by atoms with Crippen LogP contribution in [-0.2, 0) is 4.79 Å². The predicted octanol–water partition coefficient (Wildman–Crippen LogP) is 1.37. The highest BCUT2D eigenvalue weighted by molar-refractivity contribution is 5.79. The maximum Gasteiger partial charge on any atom is 0.227 e. The highest BCUT2D eigenvalue weighted by atomic mass is 16.3. The minimum absolute atomic E-state index is 0.00934. The minimum atomic E-state index is -0.314. The van der Waals surface area contributed by atoms with Crippen molar-refractivity contribution in [3.05, 3.63) is 12.0 Å². The summed E-state index contributed by atoms with van der Waals surface area (Å²) in [5, 5.41) is 10.1. The Morgan fingerprint density at radius 3 is 2.43 bits per heavy atom. The maximum atomic E-state index is 12.8. The molecule has 6 nitrogen and oxygen atoms in total. The van der Waals surface area contributed by atoms with E-state index < -0.39 is 0 Å². The van der Waals surface area contributed by atoms with Gasteiger partial charge in [-0.05, 0) is 31.9 Å². The molecular weight excluding hydrogens is 292 g/mol. The van der Waals surface area contributed by atoms with Gasteiger partial charge in [-0.1, -0.05) is 13.8 Å². The van der Waals surface area contributed by atoms with Gasteiger partial charge >= 0.3 is 0 Å². The van der Waals surface area contributed by atoms with Crippen LogP contribution in [0.4, 0.5) is 0 Å². The molecule has 0 aromatic heterocycles. The molecule has 128 valence electrons. The van der Waals surface area contributed by atoms with Crippen molar-refractivity contribution in [3.8, 4) is 0 Å². The third kappa shape index (κ3) is 3.99. The average Bonchev–Trinajstić information content (AvgIpc) is 3.01. The molecule has 2 fully saturated rings. The van der Waals surface area contributed by atoms with Crippen molar-refractivity contribution in [2.24, 2.45) is 27.7 Å². The van der Waals surface area contributed by atoms with Crippen LogP contribution in [0.15, 0.2) is 22.0 Å². The molecule has 2 rings (SSSR count). The number of rotatable bonds is 4. The number of aliphatic hydroxyl groups excluding tert-OH is 1. The number of aliphatic hydroxyl groups is 1. The second-order valence-electron chi connectivity index (χ2n) is 6.68. The van der Waals surface area contributed by atoms with E-state index in [0.29, 0.717) is 19.6 Å². The van der Waals surface area contributed by atoms with Crippen LogP contribution in [0.25, 0.3) is 0 Å². The van der Waals surface area contributed by atoms with Gasteiger partial charge in [0.25, 0.3) is 0 Å². The van der Waals surface area contributed by atoms with Crippen molar-refractivity contribution >= 4 is 18.8 Å². The zero-order valence-corrected chi connectivity index (χ0v) is 14.4. The average molecular weight is 320 g/mol. The molecule has 2 aliphatic rings. The lowest BCUT2D eigenvalue weighted by molar-refractivity contribution is -0.140. The number of carbonyl (C=O) groups is 1. The van der Waals surface area contributed by atoms with Crippen LogP contribution in [-0.4, -0.2) is 66.0 Å². The van der Waals surface area contributed by atoms with E-state index in [1.165, 1.54) is 0 Å². The first-order valence-corrected chi connectivity index (χ1v) is 8.34. The number of likely N-dealkylation sites (tertiary alicyclic amines) is 2. The van der Waals surface area contributed by atoms with E-state index in [0.717, 1.165) is 18.8 Å². The van der Waals surface area contributed by atoms with Crippen molar-refractivity contribution in [1.82, 2.24) is 9.80 Å². The molecule has 1 N–H and O–H groups in total. The second-order valence-corrected chi connectivity index (χ2v) is 6.68. The predicted molar refractivity (Wildman–Crippen MR) is 92.4 cm³/mol. The molecule has 0 aromatic carbocycles. The first kappa shape index (κ1) is 17.7. The molecule has 1 amide bonds. The van der Waals surface area contributed by atoms with E-state index >= 15 is 0 Å². The summed E-state index contributed by atoms with van der Waals surface area (Å²) in [6.45, 7) is 12.1. The summed E-state index contributed by atoms with van der Waals surface area (Å²) in [5.74, 6) is 1.21. The Morgan fingerprint density at radius 2 is 1.87 bits per heavy atom. The van der Waals surface area contributed by atoms with E-state index in [1.807, 2.05) is 25.7 Å². The summed E-state index contributed by atoms with van der Waals surface area (Å²) < 4.78 is 0. The fourth-order valence-electron chi connectivity index (χ4n) is 3.57. The molecule has 23 heavy (non-hydrogen) atoms. The van der Waals surface area contributed by atoms with Gasteiger partial charge in [0.05, 0.1) is 18.2 Å². The summed E-state index contributed by atoms with van der Waals surface area (Å²) in [7, 11) is 0. The van der Waals surface area contributed by atoms with Gasteiger partial charge in [-0.3, -0.25) is 9.79 Å². The number of piperidine rings is 1. The first-order valence-electron chi connectivity index (χ1n) is 8.34. The molecule has 0 aromatic rings. The normalized spacial score (nSPS) is 32.6. The number of hydrogen-bond donors (Lipinski definition) is 1. The number of carbonyl (C=O) groups excluding carboxylic acids is 1. The Hall–Kier alpha value is -1.69. The second kappa shape index (κ2) is 7.73. The highest BCUT2D eigenvalue weighted by Gasteiger charge is 2.37. The summed E-state index contributed by atoms with van der Waals surface area (Å²) in [4.78, 5) is 24.9. The zero-order valence-electron chi connectivity index (χ0n) is 14.4. The molecule has 3 unspecified atom stereocenters. The number of hydrogen-bond acceptors (Lipinski definition) is 5. The van der Waals surface area contributed by atoms with E-state index in [-0.39, 0.29) is 29.8 Å². The molecule has 3 atom stereocenters. The molecule has 2 saturated heterocycles. The molecule has 2 aliphatic heterocycles. The first-order chi connectivity index (χ1) is 11.0. The van der Waals surface area contributed by atoms with Crippen molar-refractivity contribution in [1.29, 1.82) is 0 Å². The van der Waals surface area contributed by atoms with Gasteiger partial charge in [-0.25, -0.2) is 4.99 Å². The molecule has 0 radical (unpaired) electrons. The van der Waals surface area contributed by atoms with Crippen LogP contribution in [0.1, 0.15) is 27.2 Å². The summed E-state index contributed by atoms with van der Waals surface area (Å²) in [6.07, 6.45) is 3.87. The molecule has 6 heteroatoms. The van der Waals surface area contributed by atoms with Gasteiger partial charge in [0.15, 0.2) is 0 Å². The lowest BCUT2D eigenvalue weighted by atomic mass is 9.87. The SMILES string of the molecule is C=N/C=C(\N=C/C)N1CCC(C(=O)N2CC(C)C(O)C(C)C2)C1. The summed E-state index contributed by atoms with van der Waals surface area (Å²) in [6, 6.07) is 0. The van der Waals surface area contributed by atoms with Gasteiger partial charge in [-0.15, -0.1) is 0 Å². The third-order valence-electron chi connectivity index (χ3n) is 4.82. The Balaban J connectivity index is 2.00. The lowest BCUT2D eigenvalue weighted by Crippen LogP contribution is -2.51. The molecule has 0 spiro atoms. The molecule has 2 heterocycles. The van der Waals surface area contributed by atoms with Crippen molar-refractivity contribution in [2.45, 2.75) is 33.3 Å². The summed E-state index contributed by atoms with van der Waals surface area (Å²) >= 11 is 0. The largest absolute Gasteiger partial charge is 0.392 e. The van der Waals surface area contributed by atoms with E-state index in [2.05, 4.69) is 21.6 Å². The number of nitrogens with zero attached hydrogens (tertiary/aromatic N) is 4. The van der Waals surface area contributed by atoms with E-state index in [9.17, 15) is 9.90 Å². The summed E-state index contributed by atoms with van der Waals surface area (Å²) in [5.41, 5.74) is 0. The smallest absolute Gasteiger partial charge is 0.227 e. The van der Waals surface area contributed by atoms with Crippen molar-refractivity contribution in [2.75, 3.05) is 26.2 Å². The standard InChI is InChI=1S/C17H28N4O2/c1-5-19-15(8-18-4)20-7-6-14(11-20)17(23)21-9-12(2)16(22)13(3)10-21/h5,8,12-14,16,22H,4,6-7,9-11H2,1-3H3/b15-8+,19-5-. The van der Waals surface area contributed by atoms with Gasteiger partial charge < -0.3 is 14.9 Å². The van der Waals surface area contributed by atoms with Crippen LogP contribution in [0, 0.1) is 17.8 Å². The number of aliphatic imine (C=N–C) groups is 2. The maximum absolute atomic E-state index is 12.8. The third-order valence-corrected chi connectivity index (χ3v) is 4.82. The highest BCUT2D eigenvalue weighted by Crippen LogP contribution is 2.27. The minimum Gasteiger partial charge on any atom is -0.392 e. The monoisotopic (exact) mass is 320 g/mol. The molecule has 0 bridgehead atoms. The van der Waals surface area contributed by atoms with Crippen molar-refractivity contribution < 1.29 is 9.90 Å². The fourth-order valence-corrected chi connectivity index (χ4v) is 3.57. The van der Waals surface area contributed by atoms with Crippen LogP contribution < -0.4 is 0 Å². The quantitative estimate of drug-likeness (QED) is 0.796. The Labute approximate surface area is 138 Å². The Bertz CT molecular complexity index is 491. The molecular formula is C17H28N4O2. The van der Waals surface area contributed by atoms with Gasteiger partial charge in [0.1, 0.15) is 5.82 Å². The van der Waals surface area contributed by atoms with Crippen LogP contribution in [0.3, 0.4) is 0 Å².